The zero-order chi connectivity index (χ0) is 11.5. The number of rotatable bonds is 2. The van der Waals surface area contributed by atoms with E-state index in [2.05, 4.69) is 16.4 Å². The highest BCUT2D eigenvalue weighted by Crippen LogP contribution is 2.34. The van der Waals surface area contributed by atoms with Crippen molar-refractivity contribution < 1.29 is 4.74 Å². The molecule has 17 heavy (non-hydrogen) atoms. The van der Waals surface area contributed by atoms with Gasteiger partial charge in [0.15, 0.2) is 5.75 Å². The van der Waals surface area contributed by atoms with Crippen molar-refractivity contribution in [1.29, 1.82) is 0 Å². The van der Waals surface area contributed by atoms with Gasteiger partial charge >= 0.3 is 0 Å². The maximum Gasteiger partial charge on any atom is 0.150 e. The van der Waals surface area contributed by atoms with Crippen molar-refractivity contribution in [3.63, 3.8) is 0 Å². The van der Waals surface area contributed by atoms with Gasteiger partial charge < -0.3 is 10.1 Å². The molecule has 0 saturated heterocycles. The van der Waals surface area contributed by atoms with Crippen LogP contribution in [-0.4, -0.2) is 11.5 Å². The summed E-state index contributed by atoms with van der Waals surface area (Å²) in [6.45, 7) is 1.02. The third kappa shape index (κ3) is 2.09. The summed E-state index contributed by atoms with van der Waals surface area (Å²) in [7, 11) is 0. The smallest absolute Gasteiger partial charge is 0.150 e. The van der Waals surface area contributed by atoms with E-state index in [9.17, 15) is 0 Å². The second kappa shape index (κ2) is 4.45. The summed E-state index contributed by atoms with van der Waals surface area (Å²) in [5.41, 5.74) is 2.47. The quantitative estimate of drug-likeness (QED) is 0.853. The van der Waals surface area contributed by atoms with Gasteiger partial charge in [-0.1, -0.05) is 12.1 Å². The van der Waals surface area contributed by atoms with Crippen molar-refractivity contribution in [2.75, 3.05) is 11.9 Å². The van der Waals surface area contributed by atoms with Gasteiger partial charge in [0.2, 0.25) is 0 Å². The normalized spacial score (nSPS) is 13.6. The SMILES string of the molecule is c1cc2c(c(Oc3ccncc3)c1)NCCC2. The minimum Gasteiger partial charge on any atom is -0.455 e. The zero-order valence-electron chi connectivity index (χ0n) is 9.52. The molecule has 0 aliphatic carbocycles. The molecule has 1 aromatic carbocycles. The van der Waals surface area contributed by atoms with E-state index < -0.39 is 0 Å². The molecule has 0 atom stereocenters. The lowest BCUT2D eigenvalue weighted by molar-refractivity contribution is 0.482. The minimum atomic E-state index is 0.820. The molecule has 0 saturated carbocycles. The van der Waals surface area contributed by atoms with Crippen molar-refractivity contribution >= 4 is 5.69 Å². The maximum atomic E-state index is 5.87. The Bertz CT molecular complexity index is 511. The molecule has 2 aromatic rings. The third-order valence-electron chi connectivity index (χ3n) is 2.91. The molecular formula is C14H14N2O. The topological polar surface area (TPSA) is 34.1 Å². The van der Waals surface area contributed by atoms with Crippen molar-refractivity contribution in [3.05, 3.63) is 48.3 Å². The zero-order valence-corrected chi connectivity index (χ0v) is 9.52. The van der Waals surface area contributed by atoms with Crippen LogP contribution in [0.15, 0.2) is 42.7 Å². The average molecular weight is 226 g/mol. The van der Waals surface area contributed by atoms with Gasteiger partial charge in [0, 0.05) is 18.9 Å². The Morgan fingerprint density at radius 3 is 2.88 bits per heavy atom. The molecule has 0 amide bonds. The van der Waals surface area contributed by atoms with E-state index in [1.54, 1.807) is 12.4 Å². The van der Waals surface area contributed by atoms with E-state index in [0.717, 1.165) is 30.2 Å². The molecule has 3 rings (SSSR count). The molecule has 1 aliphatic rings. The van der Waals surface area contributed by atoms with Crippen LogP contribution in [0.4, 0.5) is 5.69 Å². The number of nitrogens with zero attached hydrogens (tertiary/aromatic N) is 1. The van der Waals surface area contributed by atoms with Crippen molar-refractivity contribution in [3.8, 4) is 11.5 Å². The van der Waals surface area contributed by atoms with Gasteiger partial charge in [0.25, 0.3) is 0 Å². The van der Waals surface area contributed by atoms with E-state index in [-0.39, 0.29) is 0 Å². The van der Waals surface area contributed by atoms with E-state index >= 15 is 0 Å². The molecule has 0 bridgehead atoms. The molecule has 3 heteroatoms. The highest BCUT2D eigenvalue weighted by atomic mass is 16.5. The summed E-state index contributed by atoms with van der Waals surface area (Å²) in [6.07, 6.45) is 5.78. The van der Waals surface area contributed by atoms with Crippen LogP contribution in [0.1, 0.15) is 12.0 Å². The Morgan fingerprint density at radius 2 is 2.00 bits per heavy atom. The van der Waals surface area contributed by atoms with Gasteiger partial charge in [-0.25, -0.2) is 0 Å². The average Bonchev–Trinajstić information content (AvgIpc) is 2.40. The fraction of sp³-hybridized carbons (Fsp3) is 0.214. The van der Waals surface area contributed by atoms with Crippen LogP contribution >= 0.6 is 0 Å². The Morgan fingerprint density at radius 1 is 1.12 bits per heavy atom. The first-order chi connectivity index (χ1) is 8.43. The van der Waals surface area contributed by atoms with Crippen LogP contribution in [0, 0.1) is 0 Å². The van der Waals surface area contributed by atoms with Crippen LogP contribution in [-0.2, 0) is 6.42 Å². The van der Waals surface area contributed by atoms with E-state index in [4.69, 9.17) is 4.74 Å². The van der Waals surface area contributed by atoms with Crippen molar-refractivity contribution in [2.24, 2.45) is 0 Å². The first-order valence-corrected chi connectivity index (χ1v) is 5.87. The van der Waals surface area contributed by atoms with E-state index in [0.29, 0.717) is 0 Å². The molecule has 3 nitrogen and oxygen atoms in total. The van der Waals surface area contributed by atoms with Gasteiger partial charge in [0.05, 0.1) is 5.69 Å². The molecule has 1 aliphatic heterocycles. The second-order valence-corrected chi connectivity index (χ2v) is 4.11. The number of benzene rings is 1. The molecule has 0 unspecified atom stereocenters. The Hall–Kier alpha value is -2.03. The molecule has 1 N–H and O–H groups in total. The number of aryl methyl sites for hydroxylation is 1. The van der Waals surface area contributed by atoms with Gasteiger partial charge in [-0.3, -0.25) is 4.98 Å². The summed E-state index contributed by atoms with van der Waals surface area (Å²) in [4.78, 5) is 3.98. The minimum absolute atomic E-state index is 0.820. The lowest BCUT2D eigenvalue weighted by Gasteiger charge is -2.20. The van der Waals surface area contributed by atoms with Crippen LogP contribution in [0.5, 0.6) is 11.5 Å². The number of hydrogen-bond acceptors (Lipinski definition) is 3. The van der Waals surface area contributed by atoms with Crippen molar-refractivity contribution in [2.45, 2.75) is 12.8 Å². The summed E-state index contributed by atoms with van der Waals surface area (Å²) >= 11 is 0. The first kappa shape index (κ1) is 10.1. The molecule has 0 fully saturated rings. The fourth-order valence-electron chi connectivity index (χ4n) is 2.10. The lowest BCUT2D eigenvalue weighted by Crippen LogP contribution is -2.12. The highest BCUT2D eigenvalue weighted by molar-refractivity contribution is 5.64. The number of ether oxygens (including phenoxy) is 1. The second-order valence-electron chi connectivity index (χ2n) is 4.11. The van der Waals surface area contributed by atoms with Crippen LogP contribution in [0.3, 0.4) is 0 Å². The molecule has 1 aromatic heterocycles. The number of hydrogen-bond donors (Lipinski definition) is 1. The number of fused-ring (bicyclic) bond motifs is 1. The standard InChI is InChI=1S/C14H14N2O/c1-3-11-4-2-8-16-14(11)13(5-1)17-12-6-9-15-10-7-12/h1,3,5-7,9-10,16H,2,4,8H2. The summed E-state index contributed by atoms with van der Waals surface area (Å²) < 4.78 is 5.87. The van der Waals surface area contributed by atoms with Gasteiger partial charge in [-0.05, 0) is 36.6 Å². The molecule has 2 heterocycles. The Balaban J connectivity index is 1.93. The van der Waals surface area contributed by atoms with E-state index in [1.807, 2.05) is 24.3 Å². The largest absolute Gasteiger partial charge is 0.455 e. The predicted octanol–water partition coefficient (Wildman–Crippen LogP) is 3.23. The number of anilines is 1. The first-order valence-electron chi connectivity index (χ1n) is 5.87. The van der Waals surface area contributed by atoms with Gasteiger partial charge in [-0.15, -0.1) is 0 Å². The molecule has 86 valence electrons. The summed E-state index contributed by atoms with van der Waals surface area (Å²) in [6, 6.07) is 9.92. The third-order valence-corrected chi connectivity index (χ3v) is 2.91. The van der Waals surface area contributed by atoms with Crippen LogP contribution in [0.2, 0.25) is 0 Å². The highest BCUT2D eigenvalue weighted by Gasteiger charge is 2.13. The fourth-order valence-corrected chi connectivity index (χ4v) is 2.10. The number of aromatic nitrogens is 1. The summed E-state index contributed by atoms with van der Waals surface area (Å²) in [5, 5.41) is 3.41. The Kier molecular flexibility index (Phi) is 2.66. The monoisotopic (exact) mass is 226 g/mol. The number of pyridine rings is 1. The van der Waals surface area contributed by atoms with E-state index in [1.165, 1.54) is 12.0 Å². The maximum absolute atomic E-state index is 5.87. The van der Waals surface area contributed by atoms with Crippen LogP contribution < -0.4 is 10.1 Å². The molecule has 0 radical (unpaired) electrons. The van der Waals surface area contributed by atoms with Gasteiger partial charge in [-0.2, -0.15) is 0 Å². The lowest BCUT2D eigenvalue weighted by atomic mass is 10.0. The molecular weight excluding hydrogens is 212 g/mol. The molecule has 0 spiro atoms. The Labute approximate surface area is 100 Å². The van der Waals surface area contributed by atoms with Gasteiger partial charge in [0.1, 0.15) is 5.75 Å². The number of para-hydroxylation sites is 1. The number of nitrogens with one attached hydrogen (secondary N) is 1. The van der Waals surface area contributed by atoms with Crippen molar-refractivity contribution in [1.82, 2.24) is 4.98 Å². The predicted molar refractivity (Wildman–Crippen MR) is 67.6 cm³/mol. The van der Waals surface area contributed by atoms with Crippen LogP contribution in [0.25, 0.3) is 0 Å². The summed E-state index contributed by atoms with van der Waals surface area (Å²) in [5.74, 6) is 1.72.